The van der Waals surface area contributed by atoms with Gasteiger partial charge in [-0.2, -0.15) is 4.58 Å². The van der Waals surface area contributed by atoms with E-state index in [1.807, 2.05) is 92.0 Å². The highest BCUT2D eigenvalue weighted by atomic mass is 16.5. The largest absolute Gasteiger partial charge is 0.480 e. The smallest absolute Gasteiger partial charge is 0.325 e. The van der Waals surface area contributed by atoms with E-state index in [9.17, 15) is 14.7 Å². The summed E-state index contributed by atoms with van der Waals surface area (Å²) in [5.74, 6) is -0.929. The van der Waals surface area contributed by atoms with E-state index in [1.54, 1.807) is 12.2 Å². The Balaban J connectivity index is 1.87. The van der Waals surface area contributed by atoms with Crippen molar-refractivity contribution in [3.05, 3.63) is 108 Å². The number of aliphatic carboxylic acids is 1. The average molecular weight is 498 g/mol. The first-order valence-corrected chi connectivity index (χ1v) is 12.2. The van der Waals surface area contributed by atoms with Gasteiger partial charge in [0.25, 0.3) is 6.47 Å². The topological polar surface area (TPSA) is 69.9 Å². The van der Waals surface area contributed by atoms with Gasteiger partial charge in [-0.05, 0) is 44.5 Å². The van der Waals surface area contributed by atoms with Gasteiger partial charge in [0, 0.05) is 36.9 Å². The zero-order chi connectivity index (χ0) is 27.0. The molecule has 4 rings (SSSR count). The van der Waals surface area contributed by atoms with Crippen molar-refractivity contribution in [1.29, 1.82) is 0 Å². The third-order valence-electron chi connectivity index (χ3n) is 7.50. The van der Waals surface area contributed by atoms with Crippen LogP contribution >= 0.6 is 0 Å². The van der Waals surface area contributed by atoms with Crippen molar-refractivity contribution in [2.75, 3.05) is 19.0 Å². The molecule has 2 aliphatic rings. The second-order valence-electron chi connectivity index (χ2n) is 9.69. The van der Waals surface area contributed by atoms with Crippen LogP contribution in [0.5, 0.6) is 0 Å². The highest BCUT2D eigenvalue weighted by molar-refractivity contribution is 6.17. The molecule has 0 saturated heterocycles. The van der Waals surface area contributed by atoms with Gasteiger partial charge in [0.15, 0.2) is 11.0 Å². The Morgan fingerprint density at radius 1 is 1.08 bits per heavy atom. The molecule has 2 unspecified atom stereocenters. The van der Waals surface area contributed by atoms with Crippen molar-refractivity contribution < 1.29 is 24.0 Å². The fraction of sp³-hybridized carbons (Fsp3) is 0.258. The minimum Gasteiger partial charge on any atom is -0.480 e. The number of rotatable bonds is 9. The van der Waals surface area contributed by atoms with Crippen molar-refractivity contribution in [1.82, 2.24) is 0 Å². The van der Waals surface area contributed by atoms with Crippen LogP contribution in [0.4, 0.5) is 11.4 Å². The molecule has 2 aromatic rings. The summed E-state index contributed by atoms with van der Waals surface area (Å²) in [5.41, 5.74) is 4.60. The Hall–Kier alpha value is -4.19. The standard InChI is InChI=1S/C31H32N2O4/c1-7-16-30(29(35)36)23-18-21(3)12-14-25(23)32(5)27(30)10-9-11-28-31(17-8-2,37-20-34)24-19-22(4)13-15-26(24)33(28)6/h7-15,18-20H,1-2,16-17H2,3-6H3/p+1. The molecule has 0 spiro atoms. The second-order valence-corrected chi connectivity index (χ2v) is 9.69. The first-order chi connectivity index (χ1) is 17.7. The molecule has 2 aromatic carbocycles. The number of carboxylic acids is 1. The highest BCUT2D eigenvalue weighted by Crippen LogP contribution is 2.50. The summed E-state index contributed by atoms with van der Waals surface area (Å²) in [4.78, 5) is 26.5. The normalized spacial score (nSPS) is 23.4. The molecular weight excluding hydrogens is 464 g/mol. The van der Waals surface area contributed by atoms with Crippen molar-refractivity contribution in [3.63, 3.8) is 0 Å². The van der Waals surface area contributed by atoms with Crippen LogP contribution in [0.3, 0.4) is 0 Å². The second kappa shape index (κ2) is 9.69. The predicted octanol–water partition coefficient (Wildman–Crippen LogP) is 5.46. The number of anilines is 1. The molecule has 0 fully saturated rings. The number of carbonyl (C=O) groups is 2. The quantitative estimate of drug-likeness (QED) is 0.283. The number of likely N-dealkylation sites (N-methyl/N-ethyl adjacent to an activating group) is 1. The molecule has 2 heterocycles. The summed E-state index contributed by atoms with van der Waals surface area (Å²) < 4.78 is 7.73. The average Bonchev–Trinajstić information content (AvgIpc) is 3.21. The summed E-state index contributed by atoms with van der Waals surface area (Å²) in [5, 5.41) is 10.5. The lowest BCUT2D eigenvalue weighted by molar-refractivity contribution is -0.401. The highest BCUT2D eigenvalue weighted by Gasteiger charge is 2.55. The zero-order valence-electron chi connectivity index (χ0n) is 21.8. The maximum Gasteiger partial charge on any atom is 0.325 e. The molecule has 2 aliphatic heterocycles. The molecule has 190 valence electrons. The third kappa shape index (κ3) is 3.84. The Morgan fingerprint density at radius 2 is 1.73 bits per heavy atom. The number of aryl methyl sites for hydroxylation is 2. The van der Waals surface area contributed by atoms with E-state index in [0.717, 1.165) is 39.3 Å². The molecule has 0 aliphatic carbocycles. The maximum atomic E-state index is 12.8. The minimum absolute atomic E-state index is 0.249. The molecule has 0 aromatic heterocycles. The van der Waals surface area contributed by atoms with Crippen LogP contribution in [0, 0.1) is 13.8 Å². The van der Waals surface area contributed by atoms with E-state index < -0.39 is 17.0 Å². The molecule has 2 atom stereocenters. The van der Waals surface area contributed by atoms with Crippen molar-refractivity contribution in [2.45, 2.75) is 37.7 Å². The van der Waals surface area contributed by atoms with E-state index in [0.29, 0.717) is 18.6 Å². The monoisotopic (exact) mass is 497 g/mol. The van der Waals surface area contributed by atoms with Crippen LogP contribution in [0.15, 0.2) is 85.6 Å². The molecular formula is C31H33N2O4+. The Kier molecular flexibility index (Phi) is 6.78. The molecule has 6 nitrogen and oxygen atoms in total. The number of ether oxygens (including phenoxy) is 1. The van der Waals surface area contributed by atoms with Crippen LogP contribution in [0.2, 0.25) is 0 Å². The Bertz CT molecular complexity index is 1390. The number of nitrogens with zero attached hydrogens (tertiary/aromatic N) is 2. The number of benzene rings is 2. The number of carboxylic acid groups (broad SMARTS) is 1. The molecule has 1 N–H and O–H groups in total. The van der Waals surface area contributed by atoms with Gasteiger partial charge in [-0.3, -0.25) is 9.59 Å². The van der Waals surface area contributed by atoms with Crippen LogP contribution in [-0.4, -0.2) is 41.9 Å². The molecule has 37 heavy (non-hydrogen) atoms. The summed E-state index contributed by atoms with van der Waals surface area (Å²) in [7, 11) is 3.81. The molecule has 0 bridgehead atoms. The summed E-state index contributed by atoms with van der Waals surface area (Å²) >= 11 is 0. The van der Waals surface area contributed by atoms with Gasteiger partial charge in [0.2, 0.25) is 11.4 Å². The van der Waals surface area contributed by atoms with Gasteiger partial charge < -0.3 is 14.7 Å². The molecule has 0 amide bonds. The van der Waals surface area contributed by atoms with E-state index in [2.05, 4.69) is 13.2 Å². The van der Waals surface area contributed by atoms with Crippen LogP contribution in [-0.2, 0) is 25.3 Å². The number of carbonyl (C=O) groups excluding carboxylic acids is 1. The number of hydrogen-bond acceptors (Lipinski definition) is 4. The minimum atomic E-state index is -1.26. The molecule has 6 heteroatoms. The van der Waals surface area contributed by atoms with E-state index >= 15 is 0 Å². The molecule has 0 saturated carbocycles. The van der Waals surface area contributed by atoms with Gasteiger partial charge in [-0.1, -0.05) is 41.5 Å². The summed E-state index contributed by atoms with van der Waals surface area (Å²) in [6, 6.07) is 12.0. The van der Waals surface area contributed by atoms with Crippen molar-refractivity contribution in [3.8, 4) is 0 Å². The first kappa shape index (κ1) is 25.9. The zero-order valence-corrected chi connectivity index (χ0v) is 21.8. The van der Waals surface area contributed by atoms with Crippen molar-refractivity contribution in [2.24, 2.45) is 0 Å². The SMILES string of the molecule is C=CCC1(C(=O)O)C(/C=C/C=C2\N(C)c3ccc(C)cc3C2(CC=C)OC=O)=[N+](C)c2ccc(C)cc21. The van der Waals surface area contributed by atoms with E-state index in [-0.39, 0.29) is 6.42 Å². The fourth-order valence-corrected chi connectivity index (χ4v) is 5.79. The van der Waals surface area contributed by atoms with Crippen LogP contribution in [0.25, 0.3) is 0 Å². The number of fused-ring (bicyclic) bond motifs is 2. The summed E-state index contributed by atoms with van der Waals surface area (Å²) in [6.07, 6.45) is 9.59. The Morgan fingerprint density at radius 3 is 2.35 bits per heavy atom. The van der Waals surface area contributed by atoms with Crippen LogP contribution in [0.1, 0.15) is 35.1 Å². The van der Waals surface area contributed by atoms with E-state index in [1.165, 1.54) is 0 Å². The van der Waals surface area contributed by atoms with Gasteiger partial charge in [0.05, 0.1) is 11.3 Å². The van der Waals surface area contributed by atoms with Gasteiger partial charge in [-0.25, -0.2) is 0 Å². The number of allylic oxidation sites excluding steroid dienone is 4. The third-order valence-corrected chi connectivity index (χ3v) is 7.50. The molecule has 0 radical (unpaired) electrons. The maximum absolute atomic E-state index is 12.8. The van der Waals surface area contributed by atoms with Gasteiger partial charge in [0.1, 0.15) is 7.05 Å². The lowest BCUT2D eigenvalue weighted by atomic mass is 9.74. The fourth-order valence-electron chi connectivity index (χ4n) is 5.79. The van der Waals surface area contributed by atoms with Gasteiger partial charge in [-0.15, -0.1) is 13.2 Å². The predicted molar refractivity (Wildman–Crippen MR) is 147 cm³/mol. The summed E-state index contributed by atoms with van der Waals surface area (Å²) in [6.45, 7) is 12.2. The van der Waals surface area contributed by atoms with E-state index in [4.69, 9.17) is 4.74 Å². The number of hydrogen-bond donors (Lipinski definition) is 1. The lowest BCUT2D eigenvalue weighted by Gasteiger charge is -2.29. The van der Waals surface area contributed by atoms with Crippen LogP contribution < -0.4 is 4.90 Å². The Labute approximate surface area is 218 Å². The van der Waals surface area contributed by atoms with Gasteiger partial charge >= 0.3 is 5.97 Å². The van der Waals surface area contributed by atoms with Crippen molar-refractivity contribution >= 4 is 29.5 Å². The lowest BCUT2D eigenvalue weighted by Crippen LogP contribution is -2.41. The first-order valence-electron chi connectivity index (χ1n) is 12.2.